The number of hydrogen-bond donors (Lipinski definition) is 1. The fourth-order valence-corrected chi connectivity index (χ4v) is 4.59. The van der Waals surface area contributed by atoms with E-state index in [0.29, 0.717) is 11.8 Å². The van der Waals surface area contributed by atoms with Crippen LogP contribution >= 0.6 is 0 Å². The Balaban J connectivity index is 2.03. The van der Waals surface area contributed by atoms with Crippen LogP contribution in [0.25, 0.3) is 0 Å². The average molecular weight is 224 g/mol. The third-order valence-corrected chi connectivity index (χ3v) is 5.63. The molecule has 2 heteroatoms. The van der Waals surface area contributed by atoms with Crippen LogP contribution in [0, 0.1) is 11.8 Å². The molecule has 0 aromatic rings. The summed E-state index contributed by atoms with van der Waals surface area (Å²) in [6, 6.07) is 0. The Bertz CT molecular complexity index is 308. The summed E-state index contributed by atoms with van der Waals surface area (Å²) in [6.07, 6.45) is 6.94. The second-order valence-corrected chi connectivity index (χ2v) is 6.94. The zero-order valence-electron chi connectivity index (χ0n) is 10.8. The minimum Gasteiger partial charge on any atom is -0.387 e. The zero-order chi connectivity index (χ0) is 11.6. The van der Waals surface area contributed by atoms with Gasteiger partial charge < -0.3 is 9.84 Å². The van der Waals surface area contributed by atoms with Gasteiger partial charge in [-0.3, -0.25) is 0 Å². The van der Waals surface area contributed by atoms with Crippen LogP contribution in [0.1, 0.15) is 59.3 Å². The van der Waals surface area contributed by atoms with Crippen LogP contribution in [-0.2, 0) is 4.74 Å². The van der Waals surface area contributed by atoms with Gasteiger partial charge in [0, 0.05) is 0 Å². The second kappa shape index (κ2) is 3.02. The molecule has 0 radical (unpaired) electrons. The molecule has 4 unspecified atom stereocenters. The largest absolute Gasteiger partial charge is 0.387 e. The topological polar surface area (TPSA) is 29.5 Å². The molecule has 0 aromatic heterocycles. The fourth-order valence-electron chi connectivity index (χ4n) is 4.59. The zero-order valence-corrected chi connectivity index (χ0v) is 10.8. The van der Waals surface area contributed by atoms with Crippen LogP contribution in [0.5, 0.6) is 0 Å². The highest BCUT2D eigenvalue weighted by molar-refractivity contribution is 5.15. The maximum absolute atomic E-state index is 10.8. The first-order valence-corrected chi connectivity index (χ1v) is 6.80. The molecule has 2 bridgehead atoms. The van der Waals surface area contributed by atoms with Crippen LogP contribution in [0.3, 0.4) is 0 Å². The summed E-state index contributed by atoms with van der Waals surface area (Å²) in [7, 11) is 0. The molecular formula is C14H24O2. The summed E-state index contributed by atoms with van der Waals surface area (Å²) in [5, 5.41) is 10.8. The lowest BCUT2D eigenvalue weighted by Crippen LogP contribution is -2.60. The Kier molecular flexibility index (Phi) is 2.09. The van der Waals surface area contributed by atoms with E-state index in [0.717, 1.165) is 19.3 Å². The molecular weight excluding hydrogens is 200 g/mol. The van der Waals surface area contributed by atoms with E-state index in [2.05, 4.69) is 13.8 Å². The van der Waals surface area contributed by atoms with Gasteiger partial charge >= 0.3 is 0 Å². The maximum Gasteiger partial charge on any atom is 0.100 e. The van der Waals surface area contributed by atoms with Crippen molar-refractivity contribution >= 4 is 0 Å². The molecule has 0 amide bonds. The van der Waals surface area contributed by atoms with E-state index in [-0.39, 0.29) is 11.2 Å². The molecule has 16 heavy (non-hydrogen) atoms. The lowest BCUT2D eigenvalue weighted by atomic mass is 9.59. The third kappa shape index (κ3) is 1.20. The standard InChI is InChI=1S/C14H24O2/c1-12(2)11-7-6-10-5-4-8-13(3,15)14(10,9-11)16-12/h10-11,15H,4-9H2,1-3H3. The highest BCUT2D eigenvalue weighted by Crippen LogP contribution is 2.61. The van der Waals surface area contributed by atoms with Gasteiger partial charge in [0.2, 0.25) is 0 Å². The predicted molar refractivity (Wildman–Crippen MR) is 63.2 cm³/mol. The molecule has 1 saturated heterocycles. The van der Waals surface area contributed by atoms with Crippen molar-refractivity contribution in [1.82, 2.24) is 0 Å². The highest BCUT2D eigenvalue weighted by Gasteiger charge is 2.65. The minimum atomic E-state index is -0.609. The van der Waals surface area contributed by atoms with Crippen LogP contribution in [0.4, 0.5) is 0 Å². The molecule has 92 valence electrons. The van der Waals surface area contributed by atoms with Crippen molar-refractivity contribution < 1.29 is 9.84 Å². The van der Waals surface area contributed by atoms with Crippen LogP contribution in [-0.4, -0.2) is 21.9 Å². The summed E-state index contributed by atoms with van der Waals surface area (Å²) in [5.41, 5.74) is -0.865. The highest BCUT2D eigenvalue weighted by atomic mass is 16.5. The van der Waals surface area contributed by atoms with Gasteiger partial charge in [0.05, 0.1) is 11.2 Å². The van der Waals surface area contributed by atoms with E-state index in [1.807, 2.05) is 6.92 Å². The van der Waals surface area contributed by atoms with Gasteiger partial charge in [-0.25, -0.2) is 0 Å². The monoisotopic (exact) mass is 224 g/mol. The van der Waals surface area contributed by atoms with E-state index < -0.39 is 5.60 Å². The van der Waals surface area contributed by atoms with Crippen molar-refractivity contribution in [2.75, 3.05) is 0 Å². The molecule has 2 nitrogen and oxygen atoms in total. The van der Waals surface area contributed by atoms with Crippen molar-refractivity contribution in [2.45, 2.75) is 76.1 Å². The quantitative estimate of drug-likeness (QED) is 0.685. The summed E-state index contributed by atoms with van der Waals surface area (Å²) in [4.78, 5) is 0. The van der Waals surface area contributed by atoms with Crippen molar-refractivity contribution in [3.05, 3.63) is 0 Å². The molecule has 4 atom stereocenters. The Morgan fingerprint density at radius 3 is 2.50 bits per heavy atom. The van der Waals surface area contributed by atoms with Gasteiger partial charge in [-0.2, -0.15) is 0 Å². The van der Waals surface area contributed by atoms with E-state index in [1.165, 1.54) is 19.3 Å². The summed E-state index contributed by atoms with van der Waals surface area (Å²) in [5.74, 6) is 1.24. The predicted octanol–water partition coefficient (Wildman–Crippen LogP) is 2.89. The summed E-state index contributed by atoms with van der Waals surface area (Å²) in [6.45, 7) is 6.42. The van der Waals surface area contributed by atoms with Crippen molar-refractivity contribution in [1.29, 1.82) is 0 Å². The molecule has 2 aliphatic carbocycles. The summed E-state index contributed by atoms with van der Waals surface area (Å²) >= 11 is 0. The van der Waals surface area contributed by atoms with Gasteiger partial charge in [-0.15, -0.1) is 0 Å². The maximum atomic E-state index is 10.8. The number of rotatable bonds is 0. The van der Waals surface area contributed by atoms with Gasteiger partial charge in [-0.1, -0.05) is 6.42 Å². The van der Waals surface area contributed by atoms with Crippen LogP contribution in [0.15, 0.2) is 0 Å². The van der Waals surface area contributed by atoms with E-state index in [1.54, 1.807) is 0 Å². The molecule has 1 aliphatic heterocycles. The minimum absolute atomic E-state index is 0.0317. The Morgan fingerprint density at radius 2 is 1.75 bits per heavy atom. The SMILES string of the molecule is CC1(C)OC23CC1CCC2CCCC3(C)O. The fraction of sp³-hybridized carbons (Fsp3) is 1.00. The van der Waals surface area contributed by atoms with E-state index in [4.69, 9.17) is 4.74 Å². The lowest BCUT2D eigenvalue weighted by Gasteiger charge is -2.52. The van der Waals surface area contributed by atoms with E-state index in [9.17, 15) is 5.11 Å². The number of hydrogen-bond acceptors (Lipinski definition) is 2. The Labute approximate surface area is 98.4 Å². The first kappa shape index (κ1) is 11.0. The first-order chi connectivity index (χ1) is 7.37. The molecule has 1 heterocycles. The van der Waals surface area contributed by atoms with Crippen molar-refractivity contribution in [2.24, 2.45) is 11.8 Å². The smallest absolute Gasteiger partial charge is 0.100 e. The average Bonchev–Trinajstić information content (AvgIpc) is 2.38. The number of aliphatic hydroxyl groups is 1. The molecule has 3 aliphatic rings. The summed E-state index contributed by atoms with van der Waals surface area (Å²) < 4.78 is 6.43. The third-order valence-electron chi connectivity index (χ3n) is 5.63. The molecule has 1 N–H and O–H groups in total. The molecule has 1 spiro atoms. The van der Waals surface area contributed by atoms with Crippen molar-refractivity contribution in [3.8, 4) is 0 Å². The lowest BCUT2D eigenvalue weighted by molar-refractivity contribution is -0.229. The Hall–Kier alpha value is -0.0800. The second-order valence-electron chi connectivity index (χ2n) is 6.94. The van der Waals surface area contributed by atoms with Crippen molar-refractivity contribution in [3.63, 3.8) is 0 Å². The number of fused-ring (bicyclic) bond motifs is 1. The van der Waals surface area contributed by atoms with Gasteiger partial charge in [0.25, 0.3) is 0 Å². The van der Waals surface area contributed by atoms with Crippen LogP contribution in [0.2, 0.25) is 0 Å². The normalized spacial score (nSPS) is 54.8. The first-order valence-electron chi connectivity index (χ1n) is 6.80. The Morgan fingerprint density at radius 1 is 1.06 bits per heavy atom. The van der Waals surface area contributed by atoms with E-state index >= 15 is 0 Å². The van der Waals surface area contributed by atoms with Gasteiger partial charge in [0.15, 0.2) is 0 Å². The van der Waals surface area contributed by atoms with Gasteiger partial charge in [0.1, 0.15) is 5.60 Å². The molecule has 2 saturated carbocycles. The van der Waals surface area contributed by atoms with Crippen LogP contribution < -0.4 is 0 Å². The molecule has 3 fully saturated rings. The molecule has 0 aromatic carbocycles. The number of ether oxygens (including phenoxy) is 1. The molecule has 3 rings (SSSR count). The van der Waals surface area contributed by atoms with Gasteiger partial charge in [-0.05, 0) is 64.7 Å².